The molecule has 7 aliphatic rings. The first kappa shape index (κ1) is 52.6. The highest BCUT2D eigenvalue weighted by Gasteiger charge is 2.68. The third-order valence-corrected chi connectivity index (χ3v) is 18.1. The number of carboxylic acid groups (broad SMARTS) is 1. The average molecular weight is 949 g/mol. The Morgan fingerprint density at radius 1 is 0.697 bits per heavy atom. The van der Waals surface area contributed by atoms with Crippen molar-refractivity contribution in [2.75, 3.05) is 6.61 Å². The number of aliphatic hydroxyl groups excluding tert-OH is 11. The van der Waals surface area contributed by atoms with Crippen molar-refractivity contribution in [3.05, 3.63) is 0 Å². The van der Waals surface area contributed by atoms with Gasteiger partial charge in [0.05, 0.1) is 37.1 Å². The van der Waals surface area contributed by atoms with E-state index in [1.807, 2.05) is 13.8 Å². The molecular weight excluding hydrogens is 868 g/mol. The van der Waals surface area contributed by atoms with Gasteiger partial charge < -0.3 is 89.7 Å². The van der Waals surface area contributed by atoms with Gasteiger partial charge in [-0.2, -0.15) is 0 Å². The highest BCUT2D eigenvalue weighted by atomic mass is 16.8. The first-order valence-electron chi connectivity index (χ1n) is 24.6. The normalized spacial score (nSPS) is 52.2. The molecule has 0 unspecified atom stereocenters. The van der Waals surface area contributed by atoms with E-state index in [0.717, 1.165) is 38.5 Å². The number of carboxylic acids is 1. The molecule has 4 saturated carbocycles. The number of hydrogen-bond donors (Lipinski definition) is 12. The molecule has 7 rings (SSSR count). The van der Waals surface area contributed by atoms with Crippen molar-refractivity contribution < 1.29 is 94.5 Å². The fourth-order valence-electron chi connectivity index (χ4n) is 14.6. The van der Waals surface area contributed by atoms with Crippen molar-refractivity contribution in [3.8, 4) is 0 Å². The second kappa shape index (κ2) is 20.5. The molecule has 19 nitrogen and oxygen atoms in total. The Balaban J connectivity index is 1.27. The lowest BCUT2D eigenvalue weighted by molar-refractivity contribution is -0.388. The molecule has 66 heavy (non-hydrogen) atoms. The number of rotatable bonds is 14. The summed E-state index contributed by atoms with van der Waals surface area (Å²) in [4.78, 5) is 13.1. The van der Waals surface area contributed by atoms with Gasteiger partial charge in [-0.05, 0) is 116 Å². The number of fused-ring (bicyclic) bond motifs is 5. The minimum Gasteiger partial charge on any atom is -0.479 e. The standard InChI is InChI=1S/C47H80O19/c1-8-23(18(2)3)26(50)15-19(4)28-38(32(53)29-24-10-9-21-16-22(49)11-13-46(21,6)25(24)12-14-47(28,29)7)63-45-40(65-44-36(57)34(55)31(52)27(17-48)62-44)37(58)39(41(66-45)42(59)60)64-43-35(56)33(54)30(51)20(5)61-43/h18-41,43-45,48-58H,8-17H2,1-7H3,(H,59,60)/t19-,20+,21+,22+,23+,24-,25+,26+,27-,28+,29-,30+,31-,32+,33-,34+,35-,36-,37+,38-,39+,40-,41+,43+,44+,45-,46+,47-/m1/s1. The molecule has 0 aromatic heterocycles. The van der Waals surface area contributed by atoms with Gasteiger partial charge in [-0.1, -0.05) is 48.0 Å². The largest absolute Gasteiger partial charge is 0.479 e. The van der Waals surface area contributed by atoms with Crippen LogP contribution in [0.15, 0.2) is 0 Å². The van der Waals surface area contributed by atoms with Gasteiger partial charge in [0.15, 0.2) is 25.0 Å². The molecule has 0 aromatic carbocycles. The molecular formula is C47H80O19. The van der Waals surface area contributed by atoms with Crippen LogP contribution in [0, 0.1) is 58.2 Å². The molecule has 3 aliphatic heterocycles. The summed E-state index contributed by atoms with van der Waals surface area (Å²) in [6.07, 6.45) is -23.7. The van der Waals surface area contributed by atoms with Crippen LogP contribution >= 0.6 is 0 Å². The highest BCUT2D eigenvalue weighted by molar-refractivity contribution is 5.73. The molecule has 0 spiro atoms. The summed E-state index contributed by atoms with van der Waals surface area (Å²) >= 11 is 0. The van der Waals surface area contributed by atoms with Crippen LogP contribution < -0.4 is 0 Å². The number of aliphatic carboxylic acids is 1. The van der Waals surface area contributed by atoms with Crippen molar-refractivity contribution in [2.45, 2.75) is 223 Å². The summed E-state index contributed by atoms with van der Waals surface area (Å²) in [5.74, 6) is -1.92. The zero-order valence-electron chi connectivity index (χ0n) is 39.4. The fraction of sp³-hybridized carbons (Fsp3) is 0.979. The predicted octanol–water partition coefficient (Wildman–Crippen LogP) is -0.390. The van der Waals surface area contributed by atoms with Gasteiger partial charge in [0.2, 0.25) is 0 Å². The van der Waals surface area contributed by atoms with Crippen LogP contribution in [0.1, 0.15) is 106 Å². The second-order valence-corrected chi connectivity index (χ2v) is 22.1. The molecule has 0 radical (unpaired) electrons. The molecule has 28 atom stereocenters. The Morgan fingerprint density at radius 2 is 1.30 bits per heavy atom. The Labute approximate surface area is 387 Å². The minimum atomic E-state index is -2.10. The van der Waals surface area contributed by atoms with E-state index in [4.69, 9.17) is 28.4 Å². The van der Waals surface area contributed by atoms with Gasteiger partial charge in [-0.15, -0.1) is 0 Å². The number of carbonyl (C=O) groups is 1. The van der Waals surface area contributed by atoms with Gasteiger partial charge in [0, 0.05) is 0 Å². The van der Waals surface area contributed by atoms with Crippen LogP contribution in [0.5, 0.6) is 0 Å². The van der Waals surface area contributed by atoms with Gasteiger partial charge in [0.25, 0.3) is 0 Å². The topological polar surface area (TPSA) is 315 Å². The summed E-state index contributed by atoms with van der Waals surface area (Å²) < 4.78 is 36.5. The summed E-state index contributed by atoms with van der Waals surface area (Å²) in [5.41, 5.74) is -0.631. The van der Waals surface area contributed by atoms with E-state index in [9.17, 15) is 66.1 Å². The first-order valence-corrected chi connectivity index (χ1v) is 24.6. The van der Waals surface area contributed by atoms with E-state index in [1.165, 1.54) is 6.92 Å². The third-order valence-electron chi connectivity index (χ3n) is 18.1. The Morgan fingerprint density at radius 3 is 1.92 bits per heavy atom. The summed E-state index contributed by atoms with van der Waals surface area (Å²) in [6.45, 7) is 13.3. The zero-order valence-corrected chi connectivity index (χ0v) is 39.4. The van der Waals surface area contributed by atoms with Gasteiger partial charge >= 0.3 is 5.97 Å². The molecule has 12 N–H and O–H groups in total. The van der Waals surface area contributed by atoms with E-state index < -0.39 is 134 Å². The maximum absolute atomic E-state index is 13.1. The molecule has 3 saturated heterocycles. The lowest BCUT2D eigenvalue weighted by Gasteiger charge is -2.61. The van der Waals surface area contributed by atoms with Gasteiger partial charge in [-0.25, -0.2) is 4.79 Å². The SMILES string of the molecule is CC[C@@H](C(C)C)[C@@H](O)C[C@@H](C)[C@H]1[C@@H](O[C@@H]2O[C@H](C(=O)O)[C@@H](O[C@@H]3O[C@@H](C)[C@H](O)[C@@H](O)[C@H]3O)[C@H](O)[C@H]2O[C@@H]2O[C@H](CO)[C@@H](O)[C@H](O)[C@H]2O)[C@@H](O)[C@H]2[C@@H]3CC[C@H]4C[C@@H](O)CC[C@]4(C)[C@H]3CC[C@]12C. The number of ether oxygens (including phenoxy) is 6. The van der Waals surface area contributed by atoms with E-state index in [1.54, 1.807) is 0 Å². The van der Waals surface area contributed by atoms with Crippen molar-refractivity contribution in [2.24, 2.45) is 58.2 Å². The summed E-state index contributed by atoms with van der Waals surface area (Å²) in [5, 5.41) is 133. The minimum absolute atomic E-state index is 0.0187. The van der Waals surface area contributed by atoms with E-state index >= 15 is 0 Å². The lowest BCUT2D eigenvalue weighted by atomic mass is 9.44. The number of hydrogen-bond acceptors (Lipinski definition) is 18. The Bertz CT molecular complexity index is 1620. The quantitative estimate of drug-likeness (QED) is 0.106. The van der Waals surface area contributed by atoms with Gasteiger partial charge in [-0.3, -0.25) is 0 Å². The molecule has 7 fully saturated rings. The third kappa shape index (κ3) is 9.39. The second-order valence-electron chi connectivity index (χ2n) is 22.1. The molecule has 382 valence electrons. The Kier molecular flexibility index (Phi) is 16.3. The summed E-state index contributed by atoms with van der Waals surface area (Å²) in [6, 6.07) is 0. The fourth-order valence-corrected chi connectivity index (χ4v) is 14.6. The predicted molar refractivity (Wildman–Crippen MR) is 229 cm³/mol. The van der Waals surface area contributed by atoms with Crippen LogP contribution in [0.2, 0.25) is 0 Å². The van der Waals surface area contributed by atoms with Crippen LogP contribution in [0.4, 0.5) is 0 Å². The maximum atomic E-state index is 13.1. The first-order chi connectivity index (χ1) is 31.0. The summed E-state index contributed by atoms with van der Waals surface area (Å²) in [7, 11) is 0. The van der Waals surface area contributed by atoms with Crippen LogP contribution in [0.25, 0.3) is 0 Å². The lowest BCUT2D eigenvalue weighted by Crippen LogP contribution is -2.67. The van der Waals surface area contributed by atoms with Crippen molar-refractivity contribution in [3.63, 3.8) is 0 Å². The molecule has 4 aliphatic carbocycles. The van der Waals surface area contributed by atoms with Crippen molar-refractivity contribution in [1.29, 1.82) is 0 Å². The molecule has 19 heteroatoms. The van der Waals surface area contributed by atoms with Gasteiger partial charge in [0.1, 0.15) is 61.0 Å². The van der Waals surface area contributed by atoms with E-state index in [-0.39, 0.29) is 47.0 Å². The van der Waals surface area contributed by atoms with Crippen LogP contribution in [0.3, 0.4) is 0 Å². The average Bonchev–Trinajstić information content (AvgIpc) is 3.49. The number of aliphatic hydroxyl groups is 11. The smallest absolute Gasteiger partial charge is 0.335 e. The van der Waals surface area contributed by atoms with E-state index in [2.05, 4.69) is 27.7 Å². The van der Waals surface area contributed by atoms with Crippen molar-refractivity contribution >= 4 is 5.97 Å². The maximum Gasteiger partial charge on any atom is 0.335 e. The molecule has 0 aromatic rings. The van der Waals surface area contributed by atoms with Crippen LogP contribution in [-0.2, 0) is 33.2 Å². The molecule has 3 heterocycles. The van der Waals surface area contributed by atoms with Crippen LogP contribution in [-0.4, -0.2) is 190 Å². The monoisotopic (exact) mass is 949 g/mol. The van der Waals surface area contributed by atoms with Crippen molar-refractivity contribution in [1.82, 2.24) is 0 Å². The highest BCUT2D eigenvalue weighted by Crippen LogP contribution is 2.69. The molecule has 0 amide bonds. The van der Waals surface area contributed by atoms with E-state index in [0.29, 0.717) is 25.2 Å². The zero-order chi connectivity index (χ0) is 48.5. The molecule has 0 bridgehead atoms. The Hall–Kier alpha value is -1.21.